The SMILES string of the molecule is CN(c1ccccc1)c1ncnc(Sc2ccc(Cl)cc2)c1N. The van der Waals surface area contributed by atoms with E-state index >= 15 is 0 Å². The molecule has 0 aliphatic carbocycles. The highest BCUT2D eigenvalue weighted by atomic mass is 35.5. The van der Waals surface area contributed by atoms with Gasteiger partial charge in [0.2, 0.25) is 0 Å². The van der Waals surface area contributed by atoms with Crippen LogP contribution < -0.4 is 10.6 Å². The number of nitrogen functional groups attached to an aromatic ring is 1. The zero-order valence-electron chi connectivity index (χ0n) is 12.5. The molecule has 0 saturated carbocycles. The molecule has 1 aromatic heterocycles. The Kier molecular flexibility index (Phi) is 4.69. The molecule has 6 heteroatoms. The first-order chi connectivity index (χ1) is 11.1. The molecule has 2 aromatic carbocycles. The predicted octanol–water partition coefficient (Wildman–Crippen LogP) is 4.63. The summed E-state index contributed by atoms with van der Waals surface area (Å²) in [4.78, 5) is 11.6. The van der Waals surface area contributed by atoms with Crippen LogP contribution >= 0.6 is 23.4 Å². The van der Waals surface area contributed by atoms with E-state index in [1.54, 1.807) is 0 Å². The van der Waals surface area contributed by atoms with Crippen LogP contribution in [0.3, 0.4) is 0 Å². The fourth-order valence-corrected chi connectivity index (χ4v) is 3.03. The first-order valence-electron chi connectivity index (χ1n) is 6.98. The molecule has 1 heterocycles. The Labute approximate surface area is 144 Å². The normalized spacial score (nSPS) is 10.5. The van der Waals surface area contributed by atoms with Crippen LogP contribution in [0, 0.1) is 0 Å². The van der Waals surface area contributed by atoms with Crippen molar-refractivity contribution in [1.29, 1.82) is 0 Å². The Bertz CT molecular complexity index is 793. The van der Waals surface area contributed by atoms with Crippen LogP contribution in [0.25, 0.3) is 0 Å². The predicted molar refractivity (Wildman–Crippen MR) is 96.5 cm³/mol. The average molecular weight is 343 g/mol. The fourth-order valence-electron chi connectivity index (χ4n) is 2.11. The van der Waals surface area contributed by atoms with Crippen molar-refractivity contribution in [3.63, 3.8) is 0 Å². The number of nitrogens with zero attached hydrogens (tertiary/aromatic N) is 3. The summed E-state index contributed by atoms with van der Waals surface area (Å²) in [6.07, 6.45) is 1.53. The van der Waals surface area contributed by atoms with E-state index in [-0.39, 0.29) is 0 Å². The van der Waals surface area contributed by atoms with Gasteiger partial charge in [-0.05, 0) is 36.4 Å². The molecule has 4 nitrogen and oxygen atoms in total. The van der Waals surface area contributed by atoms with Crippen LogP contribution in [-0.2, 0) is 0 Å². The van der Waals surface area contributed by atoms with Crippen molar-refractivity contribution < 1.29 is 0 Å². The Morgan fingerprint density at radius 2 is 1.70 bits per heavy atom. The van der Waals surface area contributed by atoms with Crippen molar-refractivity contribution in [2.45, 2.75) is 9.92 Å². The quantitative estimate of drug-likeness (QED) is 0.700. The van der Waals surface area contributed by atoms with E-state index in [0.717, 1.165) is 15.6 Å². The molecule has 0 unspecified atom stereocenters. The van der Waals surface area contributed by atoms with Gasteiger partial charge in [0.05, 0.1) is 0 Å². The van der Waals surface area contributed by atoms with E-state index in [9.17, 15) is 0 Å². The topological polar surface area (TPSA) is 55.0 Å². The fraction of sp³-hybridized carbons (Fsp3) is 0.0588. The first kappa shape index (κ1) is 15.6. The number of hydrogen-bond acceptors (Lipinski definition) is 5. The second kappa shape index (κ2) is 6.89. The third-order valence-electron chi connectivity index (χ3n) is 3.32. The van der Waals surface area contributed by atoms with Crippen LogP contribution in [0.4, 0.5) is 17.2 Å². The number of hydrogen-bond donors (Lipinski definition) is 1. The minimum absolute atomic E-state index is 0.554. The molecule has 0 fully saturated rings. The summed E-state index contributed by atoms with van der Waals surface area (Å²) in [5.41, 5.74) is 7.85. The largest absolute Gasteiger partial charge is 0.394 e. The summed E-state index contributed by atoms with van der Waals surface area (Å²) in [7, 11) is 1.94. The molecule has 0 amide bonds. The van der Waals surface area contributed by atoms with Gasteiger partial charge in [-0.15, -0.1) is 0 Å². The third kappa shape index (κ3) is 3.57. The smallest absolute Gasteiger partial charge is 0.160 e. The lowest BCUT2D eigenvalue weighted by molar-refractivity contribution is 1.02. The lowest BCUT2D eigenvalue weighted by Crippen LogP contribution is -2.14. The van der Waals surface area contributed by atoms with E-state index in [0.29, 0.717) is 16.5 Å². The average Bonchev–Trinajstić information content (AvgIpc) is 2.59. The van der Waals surface area contributed by atoms with Gasteiger partial charge in [-0.1, -0.05) is 41.6 Å². The highest BCUT2D eigenvalue weighted by Gasteiger charge is 2.14. The number of rotatable bonds is 4. The molecule has 3 rings (SSSR count). The Morgan fingerprint density at radius 1 is 1.00 bits per heavy atom. The zero-order valence-corrected chi connectivity index (χ0v) is 14.1. The zero-order chi connectivity index (χ0) is 16.2. The molecule has 3 aromatic rings. The van der Waals surface area contributed by atoms with Gasteiger partial charge in [0, 0.05) is 22.7 Å². The summed E-state index contributed by atoms with van der Waals surface area (Å²) in [5.74, 6) is 0.683. The second-order valence-corrected chi connectivity index (χ2v) is 6.37. The third-order valence-corrected chi connectivity index (χ3v) is 4.59. The van der Waals surface area contributed by atoms with Crippen LogP contribution in [0.5, 0.6) is 0 Å². The Morgan fingerprint density at radius 3 is 2.39 bits per heavy atom. The van der Waals surface area contributed by atoms with Crippen molar-refractivity contribution in [3.8, 4) is 0 Å². The maximum absolute atomic E-state index is 6.29. The molecular formula is C17H15ClN4S. The summed E-state index contributed by atoms with van der Waals surface area (Å²) in [6, 6.07) is 17.5. The maximum atomic E-state index is 6.29. The molecule has 0 bridgehead atoms. The molecule has 116 valence electrons. The van der Waals surface area contributed by atoms with Crippen molar-refractivity contribution in [1.82, 2.24) is 9.97 Å². The number of benzene rings is 2. The summed E-state index contributed by atoms with van der Waals surface area (Å²) < 4.78 is 0. The second-order valence-electron chi connectivity index (χ2n) is 4.87. The summed E-state index contributed by atoms with van der Waals surface area (Å²) in [5, 5.41) is 1.43. The maximum Gasteiger partial charge on any atom is 0.160 e. The summed E-state index contributed by atoms with van der Waals surface area (Å²) in [6.45, 7) is 0. The van der Waals surface area contributed by atoms with Crippen molar-refractivity contribution in [2.75, 3.05) is 17.7 Å². The van der Waals surface area contributed by atoms with Crippen LogP contribution in [0.15, 0.2) is 70.8 Å². The lowest BCUT2D eigenvalue weighted by Gasteiger charge is -2.20. The number of para-hydroxylation sites is 1. The minimum Gasteiger partial charge on any atom is -0.394 e. The molecule has 0 saturated heterocycles. The first-order valence-corrected chi connectivity index (χ1v) is 8.17. The van der Waals surface area contributed by atoms with E-state index in [1.807, 2.05) is 66.5 Å². The molecule has 0 radical (unpaired) electrons. The van der Waals surface area contributed by atoms with Gasteiger partial charge in [0.15, 0.2) is 5.82 Å². The van der Waals surface area contributed by atoms with E-state index in [1.165, 1.54) is 18.1 Å². The van der Waals surface area contributed by atoms with Crippen LogP contribution in [-0.4, -0.2) is 17.0 Å². The Hall–Kier alpha value is -2.24. The van der Waals surface area contributed by atoms with Crippen molar-refractivity contribution >= 4 is 40.6 Å². The number of halogens is 1. The monoisotopic (exact) mass is 342 g/mol. The molecule has 2 N–H and O–H groups in total. The highest BCUT2D eigenvalue weighted by Crippen LogP contribution is 2.36. The lowest BCUT2D eigenvalue weighted by atomic mass is 10.3. The van der Waals surface area contributed by atoms with Gasteiger partial charge in [-0.25, -0.2) is 9.97 Å². The van der Waals surface area contributed by atoms with E-state index < -0.39 is 0 Å². The van der Waals surface area contributed by atoms with Crippen LogP contribution in [0.2, 0.25) is 5.02 Å². The molecule has 0 aliphatic heterocycles. The molecule has 0 aliphatic rings. The minimum atomic E-state index is 0.554. The molecular weight excluding hydrogens is 328 g/mol. The van der Waals surface area contributed by atoms with Crippen molar-refractivity contribution in [2.24, 2.45) is 0 Å². The van der Waals surface area contributed by atoms with E-state index in [2.05, 4.69) is 9.97 Å². The molecule has 23 heavy (non-hydrogen) atoms. The van der Waals surface area contributed by atoms with Gasteiger partial charge in [0.25, 0.3) is 0 Å². The van der Waals surface area contributed by atoms with Gasteiger partial charge in [0.1, 0.15) is 17.0 Å². The molecule has 0 spiro atoms. The van der Waals surface area contributed by atoms with E-state index in [4.69, 9.17) is 17.3 Å². The summed E-state index contributed by atoms with van der Waals surface area (Å²) >= 11 is 7.40. The van der Waals surface area contributed by atoms with Gasteiger partial charge in [-0.3, -0.25) is 0 Å². The standard InChI is InChI=1S/C17H15ClN4S/c1-22(13-5-3-2-4-6-13)16-15(19)17(21-11-20-16)23-14-9-7-12(18)8-10-14/h2-11H,19H2,1H3. The van der Waals surface area contributed by atoms with Gasteiger partial charge in [-0.2, -0.15) is 0 Å². The Balaban J connectivity index is 1.90. The van der Waals surface area contributed by atoms with Crippen LogP contribution in [0.1, 0.15) is 0 Å². The molecule has 0 atom stereocenters. The van der Waals surface area contributed by atoms with Gasteiger partial charge >= 0.3 is 0 Å². The van der Waals surface area contributed by atoms with Crippen molar-refractivity contribution in [3.05, 3.63) is 65.9 Å². The number of nitrogens with two attached hydrogens (primary N) is 1. The van der Waals surface area contributed by atoms with Gasteiger partial charge < -0.3 is 10.6 Å². The number of aromatic nitrogens is 2. The highest BCUT2D eigenvalue weighted by molar-refractivity contribution is 7.99. The number of anilines is 3.